The van der Waals surface area contributed by atoms with E-state index in [-0.39, 0.29) is 0 Å². The highest BCUT2D eigenvalue weighted by Crippen LogP contribution is 2.25. The molecule has 0 spiro atoms. The molecule has 1 heterocycles. The van der Waals surface area contributed by atoms with E-state index >= 15 is 0 Å². The summed E-state index contributed by atoms with van der Waals surface area (Å²) in [5.74, 6) is 2.56. The van der Waals surface area contributed by atoms with E-state index in [9.17, 15) is 0 Å². The monoisotopic (exact) mass is 285 g/mol. The summed E-state index contributed by atoms with van der Waals surface area (Å²) in [6.45, 7) is 2.24. The third-order valence-corrected chi connectivity index (χ3v) is 4.67. The van der Waals surface area contributed by atoms with E-state index in [1.165, 1.54) is 28.0 Å². The molecule has 0 saturated carbocycles. The number of halogens is 1. The van der Waals surface area contributed by atoms with Gasteiger partial charge >= 0.3 is 0 Å². The molecule has 0 aliphatic carbocycles. The van der Waals surface area contributed by atoms with Crippen molar-refractivity contribution in [3.63, 3.8) is 0 Å². The summed E-state index contributed by atoms with van der Waals surface area (Å²) in [6, 6.07) is 9.58. The first-order valence-electron chi connectivity index (χ1n) is 5.35. The molecule has 1 saturated heterocycles. The van der Waals surface area contributed by atoms with Gasteiger partial charge in [0.05, 0.1) is 0 Å². The van der Waals surface area contributed by atoms with Crippen LogP contribution in [0, 0.1) is 0 Å². The van der Waals surface area contributed by atoms with Crippen LogP contribution in [0.25, 0.3) is 0 Å². The predicted molar refractivity (Wildman–Crippen MR) is 71.4 cm³/mol. The number of hydrogen-bond acceptors (Lipinski definition) is 2. The number of hydrogen-bond donors (Lipinski definition) is 1. The molecule has 1 aliphatic heterocycles. The molecule has 0 bridgehead atoms. The molecule has 1 nitrogen and oxygen atoms in total. The average molecular weight is 286 g/mol. The fourth-order valence-electron chi connectivity index (χ4n) is 1.94. The van der Waals surface area contributed by atoms with Gasteiger partial charge in [0.15, 0.2) is 0 Å². The number of thioether (sulfide) groups is 1. The molecule has 82 valence electrons. The maximum absolute atomic E-state index is 3.69. The first kappa shape index (κ1) is 11.5. The standard InChI is InChI=1S/C12H16BrNS/c1-9(14-10-6-7-15-8-10)11-4-2-3-5-12(11)13/h2-5,9-10,14H,6-8H2,1H3/t9-,10?/m0/s1. The maximum Gasteiger partial charge on any atom is 0.0305 e. The molecule has 2 rings (SSSR count). The molecule has 1 fully saturated rings. The second kappa shape index (κ2) is 5.37. The zero-order chi connectivity index (χ0) is 10.7. The fourth-order valence-corrected chi connectivity index (χ4v) is 3.73. The Kier molecular flexibility index (Phi) is 4.12. The van der Waals surface area contributed by atoms with Crippen LogP contribution in [0.15, 0.2) is 28.7 Å². The zero-order valence-corrected chi connectivity index (χ0v) is 11.3. The number of benzene rings is 1. The summed E-state index contributed by atoms with van der Waals surface area (Å²) in [4.78, 5) is 0. The highest BCUT2D eigenvalue weighted by molar-refractivity contribution is 9.10. The topological polar surface area (TPSA) is 12.0 Å². The Labute approximate surface area is 104 Å². The van der Waals surface area contributed by atoms with Gasteiger partial charge in [-0.25, -0.2) is 0 Å². The van der Waals surface area contributed by atoms with Crippen LogP contribution in [0.4, 0.5) is 0 Å². The van der Waals surface area contributed by atoms with Crippen molar-refractivity contribution in [2.24, 2.45) is 0 Å². The third kappa shape index (κ3) is 2.99. The first-order chi connectivity index (χ1) is 7.27. The summed E-state index contributed by atoms with van der Waals surface area (Å²) in [6.07, 6.45) is 1.31. The summed E-state index contributed by atoms with van der Waals surface area (Å²) >= 11 is 5.65. The molecule has 2 atom stereocenters. The van der Waals surface area contributed by atoms with E-state index < -0.39 is 0 Å². The Morgan fingerprint density at radius 2 is 2.27 bits per heavy atom. The highest BCUT2D eigenvalue weighted by atomic mass is 79.9. The van der Waals surface area contributed by atoms with Gasteiger partial charge in [-0.1, -0.05) is 34.1 Å². The van der Waals surface area contributed by atoms with Crippen LogP contribution in [0.5, 0.6) is 0 Å². The molecule has 1 N–H and O–H groups in total. The van der Waals surface area contributed by atoms with Crippen LogP contribution >= 0.6 is 27.7 Å². The van der Waals surface area contributed by atoms with Gasteiger partial charge in [-0.2, -0.15) is 11.8 Å². The smallest absolute Gasteiger partial charge is 0.0305 e. The quantitative estimate of drug-likeness (QED) is 0.911. The van der Waals surface area contributed by atoms with Crippen molar-refractivity contribution in [2.45, 2.75) is 25.4 Å². The maximum atomic E-state index is 3.69. The van der Waals surface area contributed by atoms with E-state index in [1.807, 2.05) is 11.8 Å². The Bertz CT molecular complexity index is 323. The summed E-state index contributed by atoms with van der Waals surface area (Å²) in [5.41, 5.74) is 1.36. The largest absolute Gasteiger partial charge is 0.307 e. The van der Waals surface area contributed by atoms with Crippen molar-refractivity contribution in [2.75, 3.05) is 11.5 Å². The van der Waals surface area contributed by atoms with Crippen LogP contribution in [0.1, 0.15) is 24.9 Å². The van der Waals surface area contributed by atoms with Crippen molar-refractivity contribution in [1.29, 1.82) is 0 Å². The number of nitrogens with one attached hydrogen (secondary N) is 1. The van der Waals surface area contributed by atoms with Crippen molar-refractivity contribution in [1.82, 2.24) is 5.32 Å². The second-order valence-corrected chi connectivity index (χ2v) is 5.97. The minimum absolute atomic E-state index is 0.435. The molecule has 1 aromatic carbocycles. The van der Waals surface area contributed by atoms with Gasteiger partial charge < -0.3 is 5.32 Å². The molecule has 15 heavy (non-hydrogen) atoms. The molecular weight excluding hydrogens is 270 g/mol. The molecule has 3 heteroatoms. The Morgan fingerprint density at radius 3 is 2.93 bits per heavy atom. The summed E-state index contributed by atoms with van der Waals surface area (Å²) in [7, 11) is 0. The summed E-state index contributed by atoms with van der Waals surface area (Å²) < 4.78 is 1.20. The molecule has 1 aromatic rings. The van der Waals surface area contributed by atoms with Gasteiger partial charge in [0.2, 0.25) is 0 Å². The molecule has 0 radical (unpaired) electrons. The second-order valence-electron chi connectivity index (χ2n) is 3.97. The Hall–Kier alpha value is 0.01000. The highest BCUT2D eigenvalue weighted by Gasteiger charge is 2.18. The third-order valence-electron chi connectivity index (χ3n) is 2.79. The van der Waals surface area contributed by atoms with Gasteiger partial charge in [0.25, 0.3) is 0 Å². The van der Waals surface area contributed by atoms with E-state index in [0.717, 1.165) is 0 Å². The van der Waals surface area contributed by atoms with E-state index in [2.05, 4.69) is 52.4 Å². The van der Waals surface area contributed by atoms with Crippen LogP contribution < -0.4 is 5.32 Å². The van der Waals surface area contributed by atoms with Crippen molar-refractivity contribution in [3.8, 4) is 0 Å². The molecule has 1 unspecified atom stereocenters. The fraction of sp³-hybridized carbons (Fsp3) is 0.500. The van der Waals surface area contributed by atoms with Crippen molar-refractivity contribution < 1.29 is 0 Å². The van der Waals surface area contributed by atoms with E-state index in [0.29, 0.717) is 12.1 Å². The number of rotatable bonds is 3. The molecule has 0 aromatic heterocycles. The lowest BCUT2D eigenvalue weighted by Gasteiger charge is -2.20. The van der Waals surface area contributed by atoms with E-state index in [1.54, 1.807) is 0 Å². The van der Waals surface area contributed by atoms with Crippen LogP contribution in [-0.4, -0.2) is 17.5 Å². The lowest BCUT2D eigenvalue weighted by Crippen LogP contribution is -2.31. The van der Waals surface area contributed by atoms with Gasteiger partial charge in [-0.05, 0) is 30.7 Å². The predicted octanol–water partition coefficient (Wildman–Crippen LogP) is 3.61. The lowest BCUT2D eigenvalue weighted by molar-refractivity contribution is 0.485. The first-order valence-corrected chi connectivity index (χ1v) is 7.30. The minimum Gasteiger partial charge on any atom is -0.307 e. The average Bonchev–Trinajstić information content (AvgIpc) is 2.71. The Balaban J connectivity index is 2.00. The van der Waals surface area contributed by atoms with Gasteiger partial charge in [0, 0.05) is 22.3 Å². The zero-order valence-electron chi connectivity index (χ0n) is 8.87. The van der Waals surface area contributed by atoms with Crippen molar-refractivity contribution >= 4 is 27.7 Å². The van der Waals surface area contributed by atoms with Gasteiger partial charge in [-0.15, -0.1) is 0 Å². The van der Waals surface area contributed by atoms with Gasteiger partial charge in [0.1, 0.15) is 0 Å². The molecular formula is C12H16BrNS. The normalized spacial score (nSPS) is 22.9. The van der Waals surface area contributed by atoms with Gasteiger partial charge in [-0.3, -0.25) is 0 Å². The lowest BCUT2D eigenvalue weighted by atomic mass is 10.1. The van der Waals surface area contributed by atoms with Crippen molar-refractivity contribution in [3.05, 3.63) is 34.3 Å². The summed E-state index contributed by atoms with van der Waals surface area (Å²) in [5, 5.41) is 3.69. The Morgan fingerprint density at radius 1 is 1.47 bits per heavy atom. The minimum atomic E-state index is 0.435. The molecule has 0 amide bonds. The molecule has 1 aliphatic rings. The van der Waals surface area contributed by atoms with Crippen LogP contribution in [-0.2, 0) is 0 Å². The van der Waals surface area contributed by atoms with E-state index in [4.69, 9.17) is 0 Å². The SMILES string of the molecule is C[C@H](NC1CCSC1)c1ccccc1Br. The van der Waals surface area contributed by atoms with Crippen LogP contribution in [0.3, 0.4) is 0 Å². The van der Waals surface area contributed by atoms with Crippen LogP contribution in [0.2, 0.25) is 0 Å².